The highest BCUT2D eigenvalue weighted by Crippen LogP contribution is 2.24. The molecule has 0 unspecified atom stereocenters. The lowest BCUT2D eigenvalue weighted by molar-refractivity contribution is 0.110. The van der Waals surface area contributed by atoms with Crippen molar-refractivity contribution in [3.05, 3.63) is 29.6 Å². The fourth-order valence-corrected chi connectivity index (χ4v) is 4.69. The number of phenolic OH excluding ortho intramolecular Hbond substituents is 1. The summed E-state index contributed by atoms with van der Waals surface area (Å²) in [7, 11) is -2.83. The van der Waals surface area contributed by atoms with Crippen LogP contribution in [-0.4, -0.2) is 67.1 Å². The Bertz CT molecular complexity index is 643. The van der Waals surface area contributed by atoms with Crippen LogP contribution >= 0.6 is 0 Å². The molecule has 5 nitrogen and oxygen atoms in total. The van der Waals surface area contributed by atoms with Crippen LogP contribution < -0.4 is 0 Å². The zero-order chi connectivity index (χ0) is 16.4. The van der Waals surface area contributed by atoms with Crippen LogP contribution in [0.4, 0.5) is 4.39 Å². The molecule has 2 aliphatic rings. The van der Waals surface area contributed by atoms with E-state index < -0.39 is 9.84 Å². The molecule has 23 heavy (non-hydrogen) atoms. The lowest BCUT2D eigenvalue weighted by Gasteiger charge is -2.40. The molecule has 1 aromatic rings. The van der Waals surface area contributed by atoms with Crippen molar-refractivity contribution < 1.29 is 17.9 Å². The molecule has 1 aromatic carbocycles. The molecular weight excluding hydrogens is 319 g/mol. The van der Waals surface area contributed by atoms with E-state index in [1.807, 2.05) is 0 Å². The fraction of sp³-hybridized carbons (Fsp3) is 0.625. The summed E-state index contributed by atoms with van der Waals surface area (Å²) in [6, 6.07) is 4.47. The number of piperidine rings is 1. The van der Waals surface area contributed by atoms with E-state index in [9.17, 15) is 17.9 Å². The number of hydrogen-bond donors (Lipinski definition) is 1. The number of aromatic hydroxyl groups is 1. The minimum atomic E-state index is -2.83. The summed E-state index contributed by atoms with van der Waals surface area (Å²) >= 11 is 0. The van der Waals surface area contributed by atoms with E-state index >= 15 is 0 Å². The average molecular weight is 342 g/mol. The summed E-state index contributed by atoms with van der Waals surface area (Å²) in [5.41, 5.74) is 0.618. The zero-order valence-corrected chi connectivity index (χ0v) is 13.9. The third-order valence-electron chi connectivity index (χ3n) is 4.89. The van der Waals surface area contributed by atoms with Crippen LogP contribution in [0, 0.1) is 5.82 Å². The molecule has 2 fully saturated rings. The molecule has 7 heteroatoms. The second-order valence-electron chi connectivity index (χ2n) is 6.47. The molecule has 0 spiro atoms. The van der Waals surface area contributed by atoms with Crippen molar-refractivity contribution in [2.24, 2.45) is 0 Å². The predicted octanol–water partition coefficient (Wildman–Crippen LogP) is 1.23. The molecule has 2 heterocycles. The van der Waals surface area contributed by atoms with Gasteiger partial charge < -0.3 is 5.11 Å². The highest BCUT2D eigenvalue weighted by atomic mass is 32.2. The molecule has 0 saturated carbocycles. The van der Waals surface area contributed by atoms with Crippen molar-refractivity contribution in [1.82, 2.24) is 9.80 Å². The van der Waals surface area contributed by atoms with Gasteiger partial charge in [-0.25, -0.2) is 12.8 Å². The number of phenols is 1. The molecule has 0 aliphatic carbocycles. The molecule has 0 radical (unpaired) electrons. The Kier molecular flexibility index (Phi) is 4.89. The Morgan fingerprint density at radius 1 is 1.13 bits per heavy atom. The molecule has 0 aromatic heterocycles. The van der Waals surface area contributed by atoms with E-state index in [0.29, 0.717) is 31.2 Å². The summed E-state index contributed by atoms with van der Waals surface area (Å²) in [5.74, 6) is 0.339. The first-order valence-electron chi connectivity index (χ1n) is 8.07. The van der Waals surface area contributed by atoms with Crippen LogP contribution in [0.25, 0.3) is 0 Å². The maximum Gasteiger partial charge on any atom is 0.152 e. The van der Waals surface area contributed by atoms with E-state index in [0.717, 1.165) is 25.9 Å². The van der Waals surface area contributed by atoms with E-state index in [1.165, 1.54) is 18.2 Å². The highest BCUT2D eigenvalue weighted by Gasteiger charge is 2.29. The van der Waals surface area contributed by atoms with Gasteiger partial charge in [0.15, 0.2) is 9.84 Å². The second kappa shape index (κ2) is 6.75. The lowest BCUT2D eigenvalue weighted by atomic mass is 10.0. The first-order chi connectivity index (χ1) is 10.9. The van der Waals surface area contributed by atoms with Gasteiger partial charge in [-0.3, -0.25) is 9.80 Å². The maximum absolute atomic E-state index is 13.3. The van der Waals surface area contributed by atoms with E-state index in [-0.39, 0.29) is 23.1 Å². The molecular formula is C16H23FN2O3S. The Labute approximate surface area is 136 Å². The summed E-state index contributed by atoms with van der Waals surface area (Å²) in [5, 5.41) is 9.81. The topological polar surface area (TPSA) is 60.9 Å². The van der Waals surface area contributed by atoms with Crippen LogP contribution in [0.1, 0.15) is 18.4 Å². The number of rotatable bonds is 3. The van der Waals surface area contributed by atoms with Gasteiger partial charge >= 0.3 is 0 Å². The van der Waals surface area contributed by atoms with E-state index in [1.54, 1.807) is 0 Å². The molecule has 128 valence electrons. The minimum Gasteiger partial charge on any atom is -0.508 e. The van der Waals surface area contributed by atoms with Crippen LogP contribution in [0.5, 0.6) is 5.75 Å². The highest BCUT2D eigenvalue weighted by molar-refractivity contribution is 7.91. The summed E-state index contributed by atoms with van der Waals surface area (Å²) in [6.45, 7) is 3.58. The van der Waals surface area contributed by atoms with Crippen molar-refractivity contribution in [3.8, 4) is 5.75 Å². The quantitative estimate of drug-likeness (QED) is 0.895. The van der Waals surface area contributed by atoms with Crippen molar-refractivity contribution in [3.63, 3.8) is 0 Å². The van der Waals surface area contributed by atoms with Gasteiger partial charge in [0.05, 0.1) is 11.5 Å². The largest absolute Gasteiger partial charge is 0.508 e. The van der Waals surface area contributed by atoms with Gasteiger partial charge in [0.1, 0.15) is 11.6 Å². The van der Waals surface area contributed by atoms with Crippen molar-refractivity contribution in [1.29, 1.82) is 0 Å². The van der Waals surface area contributed by atoms with Gasteiger partial charge in [-0.15, -0.1) is 0 Å². The predicted molar refractivity (Wildman–Crippen MR) is 86.6 cm³/mol. The Morgan fingerprint density at radius 3 is 2.43 bits per heavy atom. The Balaban J connectivity index is 1.52. The van der Waals surface area contributed by atoms with Gasteiger partial charge in [-0.2, -0.15) is 0 Å². The van der Waals surface area contributed by atoms with E-state index in [4.69, 9.17) is 0 Å². The van der Waals surface area contributed by atoms with Crippen molar-refractivity contribution in [2.45, 2.75) is 25.4 Å². The minimum absolute atomic E-state index is 0.134. The molecule has 1 N–H and O–H groups in total. The number of hydrogen-bond acceptors (Lipinski definition) is 5. The van der Waals surface area contributed by atoms with Crippen LogP contribution in [-0.2, 0) is 16.4 Å². The average Bonchev–Trinajstić information content (AvgIpc) is 2.52. The van der Waals surface area contributed by atoms with Crippen LogP contribution in [0.2, 0.25) is 0 Å². The fourth-order valence-electron chi connectivity index (χ4n) is 3.46. The Hall–Kier alpha value is -1.18. The molecule has 3 rings (SSSR count). The molecule has 0 bridgehead atoms. The van der Waals surface area contributed by atoms with Gasteiger partial charge in [0.25, 0.3) is 0 Å². The monoisotopic (exact) mass is 342 g/mol. The first-order valence-corrected chi connectivity index (χ1v) is 9.89. The second-order valence-corrected chi connectivity index (χ2v) is 8.77. The Morgan fingerprint density at radius 2 is 1.78 bits per heavy atom. The van der Waals surface area contributed by atoms with Gasteiger partial charge in [0, 0.05) is 31.2 Å². The van der Waals surface area contributed by atoms with Gasteiger partial charge in [0.2, 0.25) is 0 Å². The summed E-state index contributed by atoms with van der Waals surface area (Å²) < 4.78 is 36.3. The molecule has 2 saturated heterocycles. The number of nitrogens with zero attached hydrogens (tertiary/aromatic N) is 2. The third kappa shape index (κ3) is 4.22. The first kappa shape index (κ1) is 16.7. The number of benzene rings is 1. The molecule has 0 atom stereocenters. The van der Waals surface area contributed by atoms with Crippen molar-refractivity contribution >= 4 is 9.84 Å². The number of sulfone groups is 1. The standard InChI is InChI=1S/C16H23FN2O3S/c17-14-1-2-16(20)13(11-14)12-18-5-3-15(4-6-18)19-7-9-23(21,22)10-8-19/h1-2,11,15,20H,3-10,12H2. The van der Waals surface area contributed by atoms with Crippen LogP contribution in [0.15, 0.2) is 18.2 Å². The SMILES string of the molecule is O=S1(=O)CCN(C2CCN(Cc3cc(F)ccc3O)CC2)CC1. The van der Waals surface area contributed by atoms with E-state index in [2.05, 4.69) is 9.80 Å². The smallest absolute Gasteiger partial charge is 0.152 e. The van der Waals surface area contributed by atoms with Crippen LogP contribution in [0.3, 0.4) is 0 Å². The summed E-state index contributed by atoms with van der Waals surface area (Å²) in [4.78, 5) is 4.50. The third-order valence-corrected chi connectivity index (χ3v) is 6.50. The number of likely N-dealkylation sites (tertiary alicyclic amines) is 1. The van der Waals surface area contributed by atoms with Gasteiger partial charge in [-0.1, -0.05) is 0 Å². The normalized spacial score (nSPS) is 23.9. The van der Waals surface area contributed by atoms with Crippen molar-refractivity contribution in [2.75, 3.05) is 37.7 Å². The van der Waals surface area contributed by atoms with Gasteiger partial charge in [-0.05, 0) is 44.1 Å². The zero-order valence-electron chi connectivity index (χ0n) is 13.1. The molecule has 0 amide bonds. The number of halogens is 1. The maximum atomic E-state index is 13.3. The summed E-state index contributed by atoms with van der Waals surface area (Å²) in [6.07, 6.45) is 1.96. The lowest BCUT2D eigenvalue weighted by Crippen LogP contribution is -2.50. The molecule has 2 aliphatic heterocycles.